The molecular formula is C140H120B2BrFN2O2Si2. The third-order valence-electron chi connectivity index (χ3n) is 34.0. The van der Waals surface area contributed by atoms with Gasteiger partial charge in [0.15, 0.2) is 16.1 Å². The van der Waals surface area contributed by atoms with Gasteiger partial charge in [-0.25, -0.2) is 0 Å². The monoisotopic (exact) mass is 2040 g/mol. The lowest BCUT2D eigenvalue weighted by atomic mass is 9.34. The van der Waals surface area contributed by atoms with Crippen LogP contribution in [0, 0.1) is 0 Å². The topological polar surface area (TPSA) is 33.7 Å². The van der Waals surface area contributed by atoms with Gasteiger partial charge in [0, 0.05) is 23.0 Å². The van der Waals surface area contributed by atoms with E-state index in [4.69, 9.17) is 9.47 Å². The van der Waals surface area contributed by atoms with Crippen molar-refractivity contribution in [3.8, 4) is 67.5 Å². The molecule has 0 atom stereocenters. The second kappa shape index (κ2) is 37.4. The summed E-state index contributed by atoms with van der Waals surface area (Å²) in [4.78, 5) is 2.52. The maximum Gasteiger partial charge on any atom is 0.251 e. The third kappa shape index (κ3) is 14.3. The Bertz CT molecular complexity index is 8500. The van der Waals surface area contributed by atoms with Crippen LogP contribution in [0.15, 0.2) is 453 Å². The minimum Gasteiger partial charge on any atom is -0.458 e. The zero-order valence-corrected chi connectivity index (χ0v) is 90.5. The molecule has 0 bridgehead atoms. The number of hydrogen-bond acceptors (Lipinski definition) is 4. The van der Waals surface area contributed by atoms with Crippen LogP contribution < -0.4 is 94.0 Å². The molecule has 20 aromatic rings. The summed E-state index contributed by atoms with van der Waals surface area (Å²) in [7, 11) is -5.36. The number of rotatable bonds is 11. The van der Waals surface area contributed by atoms with Crippen molar-refractivity contribution in [1.29, 1.82) is 0 Å². The average Bonchev–Trinajstić information content (AvgIpc) is 1.58. The molecule has 150 heavy (non-hydrogen) atoms. The molecule has 1 N–H and O–H groups in total. The lowest BCUT2D eigenvalue weighted by Crippen LogP contribution is -2.78. The van der Waals surface area contributed by atoms with Crippen LogP contribution in [-0.2, 0) is 10.8 Å². The first-order valence-corrected chi connectivity index (χ1v) is 58.4. The van der Waals surface area contributed by atoms with Crippen molar-refractivity contribution >= 4 is 148 Å². The van der Waals surface area contributed by atoms with E-state index in [1.807, 2.05) is 0 Å². The Morgan fingerprint density at radius 1 is 0.253 bits per heavy atom. The largest absolute Gasteiger partial charge is 0.458 e. The molecule has 28 rings (SSSR count). The van der Waals surface area contributed by atoms with Gasteiger partial charge in [0.05, 0.1) is 22.2 Å². The summed E-state index contributed by atoms with van der Waals surface area (Å²) < 4.78 is 14.6. The Balaban J connectivity index is 0.000000132. The van der Waals surface area contributed by atoms with Gasteiger partial charge in [-0.05, 0) is 294 Å². The summed E-state index contributed by atoms with van der Waals surface area (Å²) in [5.74, 6) is 6.30. The van der Waals surface area contributed by atoms with E-state index < -0.39 is 27.0 Å². The lowest BCUT2D eigenvalue weighted by Gasteiger charge is -2.52. The van der Waals surface area contributed by atoms with Gasteiger partial charge >= 0.3 is 0 Å². The van der Waals surface area contributed by atoms with Crippen molar-refractivity contribution in [1.82, 2.24) is 0 Å². The van der Waals surface area contributed by atoms with Gasteiger partial charge in [-0.1, -0.05) is 486 Å². The van der Waals surface area contributed by atoms with Crippen molar-refractivity contribution in [2.24, 2.45) is 0 Å². The van der Waals surface area contributed by atoms with Crippen molar-refractivity contribution in [2.75, 3.05) is 10.2 Å². The van der Waals surface area contributed by atoms with Crippen LogP contribution in [0.5, 0.6) is 23.0 Å². The van der Waals surface area contributed by atoms with Gasteiger partial charge in [0.25, 0.3) is 13.4 Å². The van der Waals surface area contributed by atoms with Crippen LogP contribution in [0.4, 0.5) is 33.1 Å². The first-order valence-electron chi connectivity index (χ1n) is 53.6. The van der Waals surface area contributed by atoms with Crippen LogP contribution in [0.2, 0.25) is 0 Å². The molecule has 0 aromatic heterocycles. The summed E-state index contributed by atoms with van der Waals surface area (Å²) in [5.41, 5.74) is 42.3. The average molecular weight is 2040 g/mol. The van der Waals surface area contributed by atoms with Gasteiger partial charge in [-0.2, -0.15) is 0 Å². The van der Waals surface area contributed by atoms with E-state index >= 15 is 0 Å². The van der Waals surface area contributed by atoms with E-state index in [1.54, 1.807) is 0 Å². The molecule has 10 heteroatoms. The zero-order valence-electron chi connectivity index (χ0n) is 86.9. The molecule has 4 spiro atoms. The Labute approximate surface area is 895 Å². The van der Waals surface area contributed by atoms with Crippen LogP contribution in [0.25, 0.3) is 44.5 Å². The maximum absolute atomic E-state index is 6.98. The minimum absolute atomic E-state index is 0. The highest BCUT2D eigenvalue weighted by Crippen LogP contribution is 2.61. The molecule has 0 radical (unpaired) electrons. The Morgan fingerprint density at radius 2 is 0.540 bits per heavy atom. The second-order valence-electron chi connectivity index (χ2n) is 43.8. The van der Waals surface area contributed by atoms with E-state index in [0.29, 0.717) is 35.5 Å². The predicted molar refractivity (Wildman–Crippen MR) is 643 cm³/mol. The standard InChI is InChI=1S/C70H58BNOSi.C37H25NSi.C33H34BBrO.FH.H2/c1-44(2)49-41-53(45(3)4)69(54(42-49)46(5)6)71-59-30-13-16-33-63(59)73-64-43-48(38-39-60(64)71)47-22-21-23-50(40-47)72-61-31-14-9-26-55(61)70(56-27-10-15-32-62(56)72)57-28-11-19-36-67(57)74(68-37-20-12-29-58(68)70)65-34-17-7-24-51(65)52-25-8-18-35-66(52)74;1-9-21-33-25(13-1)26-14-2-10-22-34(26)39(33)35-23-11-5-17-29(35)37(30-18-6-12-24-36(30)39)27-15-3-7-19-31(27)38-32-20-8-4-16-28(32)37;1-20(2)25-17-27(21(3)4)33(28(18-25)22(5)6)34-29-12-7-8-13-31(29)36-32-19-24(14-15-30(32)34)23-10-9-11-26(35)16-23;;/h7-46H,1-6H3;1-24,38H;7-22H,1-6H3;2*1H. The summed E-state index contributed by atoms with van der Waals surface area (Å²) in [6.45, 7) is 28.1. The molecular weight excluding hydrogens is 1920 g/mol. The van der Waals surface area contributed by atoms with Gasteiger partial charge in [-0.15, -0.1) is 0 Å². The Hall–Kier alpha value is -15.4. The third-order valence-corrected chi connectivity index (χ3v) is 44.4. The molecule has 730 valence electrons. The van der Waals surface area contributed by atoms with E-state index in [9.17, 15) is 0 Å². The number of para-hydroxylation sites is 6. The molecule has 20 aromatic carbocycles. The second-order valence-corrected chi connectivity index (χ2v) is 52.0. The fraction of sp³-hybridized carbons (Fsp3) is 0.143. The number of ether oxygens (including phenoxy) is 2. The zero-order chi connectivity index (χ0) is 101. The van der Waals surface area contributed by atoms with E-state index in [1.165, 1.54) is 203 Å². The summed E-state index contributed by atoms with van der Waals surface area (Å²) >= 11 is 3.62. The number of benzene rings is 20. The highest BCUT2D eigenvalue weighted by atomic mass is 79.9. The van der Waals surface area contributed by atoms with Gasteiger partial charge in [-0.3, -0.25) is 4.70 Å². The summed E-state index contributed by atoms with van der Waals surface area (Å²) in [6.07, 6.45) is 0. The molecule has 4 nitrogen and oxygen atoms in total. The summed E-state index contributed by atoms with van der Waals surface area (Å²) in [5, 5.41) is 15.7. The number of nitrogens with zero attached hydrogens (tertiary/aromatic N) is 1. The molecule has 0 aliphatic carbocycles. The quantitative estimate of drug-likeness (QED) is 0.131. The number of halogens is 2. The van der Waals surface area contributed by atoms with E-state index in [0.717, 1.165) is 49.8 Å². The fourth-order valence-corrected chi connectivity index (χ4v) is 39.5. The highest BCUT2D eigenvalue weighted by Gasteiger charge is 2.63. The molecule has 8 aliphatic heterocycles. The summed E-state index contributed by atoms with van der Waals surface area (Å²) in [6, 6.07) is 170. The highest BCUT2D eigenvalue weighted by molar-refractivity contribution is 9.10. The minimum atomic E-state index is -2.78. The first kappa shape index (κ1) is 95.5. The molecule has 0 fully saturated rings. The maximum atomic E-state index is 6.98. The van der Waals surface area contributed by atoms with Crippen LogP contribution in [0.1, 0.15) is 198 Å². The van der Waals surface area contributed by atoms with Crippen molar-refractivity contribution in [2.45, 2.75) is 129 Å². The van der Waals surface area contributed by atoms with Gasteiger partial charge in [0.1, 0.15) is 23.0 Å². The molecule has 0 saturated heterocycles. The lowest BCUT2D eigenvalue weighted by molar-refractivity contribution is 0.487. The Kier molecular flexibility index (Phi) is 23.8. The number of anilines is 5. The number of nitrogens with one attached hydrogen (secondary N) is 1. The van der Waals surface area contributed by atoms with Crippen molar-refractivity contribution in [3.63, 3.8) is 0 Å². The first-order chi connectivity index (χ1) is 72.8. The molecule has 8 aliphatic rings. The van der Waals surface area contributed by atoms with Gasteiger partial charge in [0.2, 0.25) is 0 Å². The smallest absolute Gasteiger partial charge is 0.251 e. The fourth-order valence-electron chi connectivity index (χ4n) is 27.7. The van der Waals surface area contributed by atoms with Crippen LogP contribution in [0.3, 0.4) is 0 Å². The predicted octanol–water partition coefficient (Wildman–Crippen LogP) is 27.5. The van der Waals surface area contributed by atoms with E-state index in [-0.39, 0.29) is 19.6 Å². The van der Waals surface area contributed by atoms with E-state index in [2.05, 4.69) is 558 Å². The Morgan fingerprint density at radius 3 is 0.900 bits per heavy atom. The molecule has 0 saturated carbocycles. The normalized spacial score (nSPS) is 14.4. The van der Waals surface area contributed by atoms with Crippen molar-refractivity contribution < 1.29 is 15.6 Å². The molecule has 0 unspecified atom stereocenters. The van der Waals surface area contributed by atoms with Crippen molar-refractivity contribution in [3.05, 3.63) is 531 Å². The van der Waals surface area contributed by atoms with Crippen LogP contribution in [-0.4, -0.2) is 29.6 Å². The number of hydrogen-bond donors (Lipinski definition) is 1. The number of fused-ring (bicyclic) bond motifs is 34. The van der Waals surface area contributed by atoms with Crippen LogP contribution >= 0.6 is 15.9 Å². The van der Waals surface area contributed by atoms with Gasteiger partial charge < -0.3 is 19.7 Å². The molecule has 0 amide bonds. The SMILES string of the molecule is CC(C)c1cc(C(C)C)c(B2c3ccccc3Oc3cc(-c4cccc(Br)c4)ccc32)c(C(C)C)c1.CC(C)c1cc(C(C)C)c(B2c3ccccc3Oc3cc(-c4cccc(N5c6ccccc6C6(c7ccccc75)c5ccccc5[Si]5(c7ccccc7-c7ccccc75)c5ccccc56)c4)ccc32)c(C(C)C)c1.F.[HH].c1ccc2c(c1)Nc1ccccc1C21c2ccccc2[Si]2(c3ccccc3-c3ccccc32)c2ccccc21. The molecule has 8 heterocycles.